The predicted octanol–water partition coefficient (Wildman–Crippen LogP) is 3.99. The van der Waals surface area contributed by atoms with Gasteiger partial charge in [-0.05, 0) is 57.2 Å². The molecule has 0 saturated heterocycles. The van der Waals surface area contributed by atoms with Crippen LogP contribution in [-0.4, -0.2) is 9.55 Å². The van der Waals surface area contributed by atoms with E-state index < -0.39 is 0 Å². The van der Waals surface area contributed by atoms with E-state index in [9.17, 15) is 4.39 Å². The van der Waals surface area contributed by atoms with Gasteiger partial charge in [-0.1, -0.05) is 0 Å². The average molecular weight is 305 g/mol. The Morgan fingerprint density at radius 1 is 1.17 bits per heavy atom. The van der Waals surface area contributed by atoms with Crippen molar-refractivity contribution in [1.29, 1.82) is 0 Å². The summed E-state index contributed by atoms with van der Waals surface area (Å²) in [6.45, 7) is 0.680. The first kappa shape index (κ1) is 11.4. The van der Waals surface area contributed by atoms with E-state index in [0.717, 1.165) is 20.9 Å². The molecule has 0 unspecified atom stereocenters. The van der Waals surface area contributed by atoms with Gasteiger partial charge in [0.25, 0.3) is 0 Å². The van der Waals surface area contributed by atoms with E-state index in [0.29, 0.717) is 6.54 Å². The third kappa shape index (κ3) is 2.16. The van der Waals surface area contributed by atoms with Crippen LogP contribution in [-0.2, 0) is 6.54 Å². The molecule has 0 saturated carbocycles. The Kier molecular flexibility index (Phi) is 2.88. The summed E-state index contributed by atoms with van der Waals surface area (Å²) in [5.74, 6) is -0.213. The summed E-state index contributed by atoms with van der Waals surface area (Å²) in [4.78, 5) is 4.13. The second kappa shape index (κ2) is 4.53. The van der Waals surface area contributed by atoms with Gasteiger partial charge in [-0.3, -0.25) is 4.98 Å². The van der Waals surface area contributed by atoms with E-state index in [2.05, 4.69) is 20.9 Å². The molecule has 18 heavy (non-hydrogen) atoms. The maximum absolute atomic E-state index is 13.3. The minimum atomic E-state index is -0.213. The molecule has 0 fully saturated rings. The Labute approximate surface area is 112 Å². The number of halogens is 2. The van der Waals surface area contributed by atoms with Gasteiger partial charge < -0.3 is 4.57 Å². The minimum absolute atomic E-state index is 0.213. The molecular formula is C14H10BrFN2. The summed E-state index contributed by atoms with van der Waals surface area (Å²) in [5, 5.41) is 1.04. The maximum atomic E-state index is 13.3. The highest BCUT2D eigenvalue weighted by atomic mass is 79.9. The van der Waals surface area contributed by atoms with Gasteiger partial charge in [-0.25, -0.2) is 4.39 Å². The van der Waals surface area contributed by atoms with Crippen molar-refractivity contribution in [3.8, 4) is 0 Å². The molecule has 0 amide bonds. The average Bonchev–Trinajstić information content (AvgIpc) is 2.72. The summed E-state index contributed by atoms with van der Waals surface area (Å²) < 4.78 is 16.2. The summed E-state index contributed by atoms with van der Waals surface area (Å²) in [6.07, 6.45) is 5.53. The molecule has 2 aromatic heterocycles. The van der Waals surface area contributed by atoms with Gasteiger partial charge >= 0.3 is 0 Å². The normalized spacial score (nSPS) is 11.0. The zero-order valence-corrected chi connectivity index (χ0v) is 11.1. The van der Waals surface area contributed by atoms with Crippen LogP contribution in [0.2, 0.25) is 0 Å². The highest BCUT2D eigenvalue weighted by molar-refractivity contribution is 9.10. The lowest BCUT2D eigenvalue weighted by atomic mass is 10.2. The van der Waals surface area contributed by atoms with Crippen LogP contribution in [0, 0.1) is 5.82 Å². The monoisotopic (exact) mass is 304 g/mol. The first-order chi connectivity index (χ1) is 8.72. The molecule has 0 bridgehead atoms. The lowest BCUT2D eigenvalue weighted by Crippen LogP contribution is -1.98. The van der Waals surface area contributed by atoms with E-state index in [4.69, 9.17) is 0 Å². The second-order valence-electron chi connectivity index (χ2n) is 4.16. The number of benzene rings is 1. The van der Waals surface area contributed by atoms with E-state index in [1.165, 1.54) is 6.07 Å². The van der Waals surface area contributed by atoms with Gasteiger partial charge in [-0.15, -0.1) is 0 Å². The number of rotatable bonds is 2. The van der Waals surface area contributed by atoms with Crippen molar-refractivity contribution in [2.24, 2.45) is 0 Å². The lowest BCUT2D eigenvalue weighted by molar-refractivity contribution is 0.628. The molecule has 2 nitrogen and oxygen atoms in total. The van der Waals surface area contributed by atoms with Gasteiger partial charge in [-0.2, -0.15) is 0 Å². The standard InChI is InChI=1S/C14H10BrFN2/c15-12-5-10(7-17-8-12)9-18-4-3-11-1-2-13(16)6-14(11)18/h1-8H,9H2. The van der Waals surface area contributed by atoms with E-state index >= 15 is 0 Å². The van der Waals surface area contributed by atoms with Gasteiger partial charge in [0.05, 0.1) is 5.52 Å². The van der Waals surface area contributed by atoms with Crippen LogP contribution in [0.1, 0.15) is 5.56 Å². The topological polar surface area (TPSA) is 17.8 Å². The first-order valence-electron chi connectivity index (χ1n) is 5.56. The Morgan fingerprint density at radius 2 is 2.06 bits per heavy atom. The Morgan fingerprint density at radius 3 is 2.89 bits per heavy atom. The third-order valence-corrected chi connectivity index (χ3v) is 3.28. The van der Waals surface area contributed by atoms with E-state index in [1.54, 1.807) is 18.3 Å². The smallest absolute Gasteiger partial charge is 0.125 e. The number of aromatic nitrogens is 2. The molecule has 2 heterocycles. The molecule has 3 aromatic rings. The number of hydrogen-bond acceptors (Lipinski definition) is 1. The van der Waals surface area contributed by atoms with Crippen molar-refractivity contribution < 1.29 is 4.39 Å². The van der Waals surface area contributed by atoms with Gasteiger partial charge in [0, 0.05) is 29.6 Å². The summed E-state index contributed by atoms with van der Waals surface area (Å²) >= 11 is 3.40. The molecule has 0 aliphatic rings. The summed E-state index contributed by atoms with van der Waals surface area (Å²) in [5.41, 5.74) is 1.97. The molecular weight excluding hydrogens is 295 g/mol. The van der Waals surface area contributed by atoms with Crippen molar-refractivity contribution in [3.05, 3.63) is 64.8 Å². The number of hydrogen-bond donors (Lipinski definition) is 0. The molecule has 0 atom stereocenters. The predicted molar refractivity (Wildman–Crippen MR) is 72.9 cm³/mol. The lowest BCUT2D eigenvalue weighted by Gasteiger charge is -2.05. The fourth-order valence-corrected chi connectivity index (χ4v) is 2.45. The van der Waals surface area contributed by atoms with Crippen molar-refractivity contribution in [3.63, 3.8) is 0 Å². The van der Waals surface area contributed by atoms with Gasteiger partial charge in [0.1, 0.15) is 5.82 Å². The zero-order chi connectivity index (χ0) is 12.5. The minimum Gasteiger partial charge on any atom is -0.343 e. The number of nitrogens with zero attached hydrogens (tertiary/aromatic N) is 2. The van der Waals surface area contributed by atoms with E-state index in [-0.39, 0.29) is 5.82 Å². The van der Waals surface area contributed by atoms with Crippen molar-refractivity contribution in [2.45, 2.75) is 6.54 Å². The number of fused-ring (bicyclic) bond motifs is 1. The van der Waals surface area contributed by atoms with Gasteiger partial charge in [0.2, 0.25) is 0 Å². The Hall–Kier alpha value is -1.68. The maximum Gasteiger partial charge on any atom is 0.125 e. The van der Waals surface area contributed by atoms with E-state index in [1.807, 2.05) is 29.1 Å². The zero-order valence-electron chi connectivity index (χ0n) is 9.48. The van der Waals surface area contributed by atoms with Crippen LogP contribution >= 0.6 is 15.9 Å². The third-order valence-electron chi connectivity index (χ3n) is 2.85. The highest BCUT2D eigenvalue weighted by Gasteiger charge is 2.03. The first-order valence-corrected chi connectivity index (χ1v) is 6.35. The summed E-state index contributed by atoms with van der Waals surface area (Å²) in [6, 6.07) is 8.83. The molecule has 0 N–H and O–H groups in total. The molecule has 0 aliphatic carbocycles. The van der Waals surface area contributed by atoms with Crippen molar-refractivity contribution in [1.82, 2.24) is 9.55 Å². The van der Waals surface area contributed by atoms with Crippen LogP contribution in [0.3, 0.4) is 0 Å². The molecule has 4 heteroatoms. The largest absolute Gasteiger partial charge is 0.343 e. The van der Waals surface area contributed by atoms with Crippen LogP contribution in [0.15, 0.2) is 53.4 Å². The quantitative estimate of drug-likeness (QED) is 0.700. The van der Waals surface area contributed by atoms with Gasteiger partial charge in [0.15, 0.2) is 0 Å². The van der Waals surface area contributed by atoms with Crippen molar-refractivity contribution >= 4 is 26.8 Å². The fourth-order valence-electron chi connectivity index (χ4n) is 2.03. The SMILES string of the molecule is Fc1ccc2ccn(Cc3cncc(Br)c3)c2c1. The van der Waals surface area contributed by atoms with Crippen LogP contribution in [0.5, 0.6) is 0 Å². The summed E-state index contributed by atoms with van der Waals surface area (Å²) in [7, 11) is 0. The van der Waals surface area contributed by atoms with Crippen molar-refractivity contribution in [2.75, 3.05) is 0 Å². The van der Waals surface area contributed by atoms with Crippen LogP contribution in [0.25, 0.3) is 10.9 Å². The Bertz CT molecular complexity index is 706. The molecule has 0 aliphatic heterocycles. The molecule has 1 aromatic carbocycles. The highest BCUT2D eigenvalue weighted by Crippen LogP contribution is 2.19. The second-order valence-corrected chi connectivity index (χ2v) is 5.07. The van der Waals surface area contributed by atoms with Crippen LogP contribution < -0.4 is 0 Å². The Balaban J connectivity index is 2.02. The van der Waals surface area contributed by atoms with Crippen LogP contribution in [0.4, 0.5) is 4.39 Å². The molecule has 3 rings (SSSR count). The molecule has 0 spiro atoms. The molecule has 0 radical (unpaired) electrons. The molecule has 90 valence electrons. The number of pyridine rings is 1. The fraction of sp³-hybridized carbons (Fsp3) is 0.0714.